The van der Waals surface area contributed by atoms with E-state index >= 15 is 0 Å². The van der Waals surface area contributed by atoms with Gasteiger partial charge >= 0.3 is 0 Å². The van der Waals surface area contributed by atoms with Crippen LogP contribution in [0, 0.1) is 0 Å². The second-order valence-corrected chi connectivity index (χ2v) is 8.25. The molecule has 0 bridgehead atoms. The molecule has 150 valence electrons. The number of piperidine rings is 1. The zero-order chi connectivity index (χ0) is 20.4. The molecule has 1 saturated heterocycles. The molecule has 1 aliphatic rings. The molecular weight excluding hydrogens is 358 g/mol. The van der Waals surface area contributed by atoms with Gasteiger partial charge in [0.25, 0.3) is 0 Å². The molecule has 4 rings (SSSR count). The van der Waals surface area contributed by atoms with E-state index in [2.05, 4.69) is 59.7 Å². The van der Waals surface area contributed by atoms with E-state index in [0.29, 0.717) is 12.1 Å². The highest BCUT2D eigenvalue weighted by molar-refractivity contribution is 5.91. The van der Waals surface area contributed by atoms with Crippen LogP contribution >= 0.6 is 0 Å². The smallest absolute Gasteiger partial charge is 0.152 e. The highest BCUT2D eigenvalue weighted by atomic mass is 16.1. The maximum atomic E-state index is 11.3. The van der Waals surface area contributed by atoms with Crippen LogP contribution in [0.25, 0.3) is 28.5 Å². The second kappa shape index (κ2) is 8.34. The monoisotopic (exact) mass is 387 g/mol. The standard InChI is InChI=1S/C25H29N3O/c1-18(2)27-15-7-10-22(17-27)28-24-12-5-4-11-23(24)26-25(28)21-9-6-8-20(16-21)14-13-19(3)29/h4-6,8-9,11-14,16,18,22H,7,10,15,17H2,1-3H3/b14-13+. The van der Waals surface area contributed by atoms with Gasteiger partial charge in [0.05, 0.1) is 11.0 Å². The molecule has 3 aromatic rings. The van der Waals surface area contributed by atoms with Crippen LogP contribution < -0.4 is 0 Å². The minimum Gasteiger partial charge on any atom is -0.320 e. The minimum absolute atomic E-state index is 0.0543. The third-order valence-electron chi connectivity index (χ3n) is 5.77. The molecule has 2 heterocycles. The van der Waals surface area contributed by atoms with Crippen molar-refractivity contribution in [3.8, 4) is 11.4 Å². The molecule has 1 atom stereocenters. The van der Waals surface area contributed by atoms with Crippen LogP contribution in [0.2, 0.25) is 0 Å². The second-order valence-electron chi connectivity index (χ2n) is 8.25. The molecule has 0 aliphatic carbocycles. The molecule has 2 aromatic carbocycles. The quantitative estimate of drug-likeness (QED) is 0.554. The third-order valence-corrected chi connectivity index (χ3v) is 5.77. The number of benzene rings is 2. The fourth-order valence-electron chi connectivity index (χ4n) is 4.28. The third kappa shape index (κ3) is 4.18. The highest BCUT2D eigenvalue weighted by Gasteiger charge is 2.26. The Morgan fingerprint density at radius 1 is 1.17 bits per heavy atom. The van der Waals surface area contributed by atoms with Gasteiger partial charge < -0.3 is 4.57 Å². The fourth-order valence-corrected chi connectivity index (χ4v) is 4.28. The van der Waals surface area contributed by atoms with Crippen LogP contribution in [0.5, 0.6) is 0 Å². The van der Waals surface area contributed by atoms with Gasteiger partial charge in [0.1, 0.15) is 5.82 Å². The summed E-state index contributed by atoms with van der Waals surface area (Å²) in [4.78, 5) is 18.9. The molecule has 0 amide bonds. The van der Waals surface area contributed by atoms with Crippen LogP contribution in [0.3, 0.4) is 0 Å². The summed E-state index contributed by atoms with van der Waals surface area (Å²) in [5, 5.41) is 0. The Balaban J connectivity index is 1.80. The number of nitrogens with zero attached hydrogens (tertiary/aromatic N) is 3. The summed E-state index contributed by atoms with van der Waals surface area (Å²) in [6, 6.07) is 17.7. The number of likely N-dealkylation sites (tertiary alicyclic amines) is 1. The molecule has 29 heavy (non-hydrogen) atoms. The first-order valence-corrected chi connectivity index (χ1v) is 10.5. The zero-order valence-electron chi connectivity index (χ0n) is 17.5. The number of imidazole rings is 1. The first-order chi connectivity index (χ1) is 14.0. The van der Waals surface area contributed by atoms with E-state index < -0.39 is 0 Å². The first-order valence-electron chi connectivity index (χ1n) is 10.5. The van der Waals surface area contributed by atoms with Crippen molar-refractivity contribution in [2.24, 2.45) is 0 Å². The molecular formula is C25H29N3O. The summed E-state index contributed by atoms with van der Waals surface area (Å²) in [5.41, 5.74) is 4.34. The van der Waals surface area contributed by atoms with Crippen LogP contribution in [0.1, 0.15) is 45.2 Å². The molecule has 0 spiro atoms. The number of hydrogen-bond donors (Lipinski definition) is 0. The lowest BCUT2D eigenvalue weighted by Crippen LogP contribution is -2.40. The van der Waals surface area contributed by atoms with E-state index in [-0.39, 0.29) is 5.78 Å². The average Bonchev–Trinajstić information content (AvgIpc) is 3.12. The van der Waals surface area contributed by atoms with E-state index in [1.54, 1.807) is 13.0 Å². The number of ketones is 1. The largest absolute Gasteiger partial charge is 0.320 e. The molecule has 4 heteroatoms. The molecule has 1 aromatic heterocycles. The van der Waals surface area contributed by atoms with Crippen LogP contribution in [-0.2, 0) is 4.79 Å². The summed E-state index contributed by atoms with van der Waals surface area (Å²) >= 11 is 0. The first kappa shape index (κ1) is 19.6. The number of carbonyl (C=O) groups excluding carboxylic acids is 1. The van der Waals surface area contributed by atoms with Crippen LogP contribution in [0.4, 0.5) is 0 Å². The minimum atomic E-state index is 0.0543. The Bertz CT molecular complexity index is 1050. The van der Waals surface area contributed by atoms with Crippen molar-refractivity contribution in [1.29, 1.82) is 0 Å². The van der Waals surface area contributed by atoms with E-state index in [1.807, 2.05) is 18.2 Å². The van der Waals surface area contributed by atoms with Gasteiger partial charge in [-0.05, 0) is 70.0 Å². The average molecular weight is 388 g/mol. The van der Waals surface area contributed by atoms with Crippen molar-refractivity contribution in [1.82, 2.24) is 14.5 Å². The molecule has 1 fully saturated rings. The van der Waals surface area contributed by atoms with Gasteiger partial charge in [0, 0.05) is 24.2 Å². The molecule has 0 saturated carbocycles. The van der Waals surface area contributed by atoms with Gasteiger partial charge in [-0.1, -0.05) is 36.4 Å². The van der Waals surface area contributed by atoms with E-state index in [0.717, 1.165) is 29.0 Å². The number of hydrogen-bond acceptors (Lipinski definition) is 3. The van der Waals surface area contributed by atoms with E-state index in [9.17, 15) is 4.79 Å². The normalized spacial score (nSPS) is 18.1. The number of para-hydroxylation sites is 2. The van der Waals surface area contributed by atoms with Crippen molar-refractivity contribution >= 4 is 22.9 Å². The number of aromatic nitrogens is 2. The topological polar surface area (TPSA) is 38.1 Å². The molecule has 1 unspecified atom stereocenters. The van der Waals surface area contributed by atoms with E-state index in [4.69, 9.17) is 4.98 Å². The zero-order valence-corrected chi connectivity index (χ0v) is 17.5. The Kier molecular flexibility index (Phi) is 5.63. The Labute approximate surface area is 172 Å². The molecule has 4 nitrogen and oxygen atoms in total. The van der Waals surface area contributed by atoms with Crippen molar-refractivity contribution in [3.05, 3.63) is 60.2 Å². The van der Waals surface area contributed by atoms with Gasteiger partial charge in [0.2, 0.25) is 0 Å². The fraction of sp³-hybridized carbons (Fsp3) is 0.360. The van der Waals surface area contributed by atoms with Gasteiger partial charge in [-0.2, -0.15) is 0 Å². The Hall–Kier alpha value is -2.72. The summed E-state index contributed by atoms with van der Waals surface area (Å²) in [6.07, 6.45) is 5.86. The molecule has 1 aliphatic heterocycles. The highest BCUT2D eigenvalue weighted by Crippen LogP contribution is 2.33. The summed E-state index contributed by atoms with van der Waals surface area (Å²) in [5.74, 6) is 1.07. The molecule has 0 radical (unpaired) electrons. The summed E-state index contributed by atoms with van der Waals surface area (Å²) in [6.45, 7) is 8.35. The van der Waals surface area contributed by atoms with Crippen molar-refractivity contribution in [2.45, 2.75) is 45.7 Å². The lowest BCUT2D eigenvalue weighted by molar-refractivity contribution is -0.112. The summed E-state index contributed by atoms with van der Waals surface area (Å²) < 4.78 is 2.44. The van der Waals surface area contributed by atoms with Crippen molar-refractivity contribution < 1.29 is 4.79 Å². The van der Waals surface area contributed by atoms with Crippen molar-refractivity contribution in [2.75, 3.05) is 13.1 Å². The maximum Gasteiger partial charge on any atom is 0.152 e. The van der Waals surface area contributed by atoms with Gasteiger partial charge in [0.15, 0.2) is 5.78 Å². The number of allylic oxidation sites excluding steroid dienone is 1. The van der Waals surface area contributed by atoms with Gasteiger partial charge in [-0.15, -0.1) is 0 Å². The Morgan fingerprint density at radius 2 is 2.00 bits per heavy atom. The maximum absolute atomic E-state index is 11.3. The lowest BCUT2D eigenvalue weighted by Gasteiger charge is -2.36. The van der Waals surface area contributed by atoms with E-state index in [1.165, 1.54) is 24.9 Å². The molecule has 0 N–H and O–H groups in total. The number of rotatable bonds is 5. The van der Waals surface area contributed by atoms with Gasteiger partial charge in [-0.25, -0.2) is 4.98 Å². The van der Waals surface area contributed by atoms with Crippen LogP contribution in [-0.4, -0.2) is 39.4 Å². The summed E-state index contributed by atoms with van der Waals surface area (Å²) in [7, 11) is 0. The SMILES string of the molecule is CC(=O)/C=C/c1cccc(-c2nc3ccccc3n2C2CCCN(C(C)C)C2)c1. The number of fused-ring (bicyclic) bond motifs is 1. The predicted octanol–water partition coefficient (Wildman–Crippen LogP) is 5.35. The lowest BCUT2D eigenvalue weighted by atomic mass is 10.0. The van der Waals surface area contributed by atoms with Crippen LogP contribution in [0.15, 0.2) is 54.6 Å². The predicted molar refractivity (Wildman–Crippen MR) is 120 cm³/mol. The van der Waals surface area contributed by atoms with Gasteiger partial charge in [-0.3, -0.25) is 9.69 Å². The Morgan fingerprint density at radius 3 is 2.79 bits per heavy atom. The van der Waals surface area contributed by atoms with Crippen molar-refractivity contribution in [3.63, 3.8) is 0 Å². The number of carbonyl (C=O) groups is 1.